The molecule has 4 heteroatoms. The van der Waals surface area contributed by atoms with Crippen LogP contribution in [0, 0.1) is 11.8 Å². The van der Waals surface area contributed by atoms with Gasteiger partial charge in [-0.25, -0.2) is 0 Å². The Balaban J connectivity index is 1.68. The van der Waals surface area contributed by atoms with E-state index in [9.17, 15) is 4.79 Å². The lowest BCUT2D eigenvalue weighted by Gasteiger charge is -2.08. The Morgan fingerprint density at radius 1 is 1.31 bits per heavy atom. The highest BCUT2D eigenvalue weighted by Gasteiger charge is 2.53. The average Bonchev–Trinajstić information content (AvgIpc) is 2.75. The smallest absolute Gasteiger partial charge is 0.252 e. The maximum absolute atomic E-state index is 12.0. The summed E-state index contributed by atoms with van der Waals surface area (Å²) in [5.74, 6) is 1.35. The second-order valence-electron chi connectivity index (χ2n) is 4.47. The van der Waals surface area contributed by atoms with Gasteiger partial charge in [0.05, 0.1) is 5.56 Å². The first-order valence-electron chi connectivity index (χ1n) is 5.53. The summed E-state index contributed by atoms with van der Waals surface area (Å²) in [5.41, 5.74) is 0.723. The zero-order valence-corrected chi connectivity index (χ0v) is 10.3. The van der Waals surface area contributed by atoms with Crippen LogP contribution in [-0.2, 0) is 0 Å². The Morgan fingerprint density at radius 3 is 2.69 bits per heavy atom. The number of halogens is 1. The van der Waals surface area contributed by atoms with Crippen molar-refractivity contribution in [3.05, 3.63) is 34.3 Å². The molecular formula is C12H13BrN2O. The first-order chi connectivity index (χ1) is 7.77. The van der Waals surface area contributed by atoms with Crippen LogP contribution in [-0.4, -0.2) is 25.0 Å². The van der Waals surface area contributed by atoms with Gasteiger partial charge in [-0.1, -0.05) is 12.1 Å². The Hall–Kier alpha value is -0.870. The van der Waals surface area contributed by atoms with Gasteiger partial charge in [-0.05, 0) is 39.9 Å². The molecule has 84 valence electrons. The molecule has 2 atom stereocenters. The fraction of sp³-hybridized carbons (Fsp3) is 0.417. The molecule has 1 amide bonds. The van der Waals surface area contributed by atoms with Gasteiger partial charge in [0.25, 0.3) is 5.91 Å². The van der Waals surface area contributed by atoms with Gasteiger partial charge in [-0.2, -0.15) is 0 Å². The van der Waals surface area contributed by atoms with Gasteiger partial charge in [0.15, 0.2) is 0 Å². The fourth-order valence-corrected chi connectivity index (χ4v) is 2.97. The molecule has 1 aromatic rings. The van der Waals surface area contributed by atoms with Gasteiger partial charge in [-0.3, -0.25) is 4.79 Å². The average molecular weight is 281 g/mol. The van der Waals surface area contributed by atoms with Crippen molar-refractivity contribution in [3.63, 3.8) is 0 Å². The summed E-state index contributed by atoms with van der Waals surface area (Å²) in [7, 11) is 0. The van der Waals surface area contributed by atoms with Crippen LogP contribution in [0.4, 0.5) is 0 Å². The van der Waals surface area contributed by atoms with E-state index in [2.05, 4.69) is 26.6 Å². The zero-order valence-electron chi connectivity index (χ0n) is 8.74. The summed E-state index contributed by atoms with van der Waals surface area (Å²) in [6.07, 6.45) is 0. The molecule has 0 spiro atoms. The highest BCUT2D eigenvalue weighted by atomic mass is 79.9. The van der Waals surface area contributed by atoms with Crippen LogP contribution in [0.1, 0.15) is 10.4 Å². The molecule has 1 saturated heterocycles. The summed E-state index contributed by atoms with van der Waals surface area (Å²) in [6, 6.07) is 7.92. The Kier molecular flexibility index (Phi) is 2.48. The lowest BCUT2D eigenvalue weighted by Crippen LogP contribution is -2.32. The van der Waals surface area contributed by atoms with E-state index in [0.29, 0.717) is 17.9 Å². The van der Waals surface area contributed by atoms with Crippen LogP contribution in [0.5, 0.6) is 0 Å². The predicted molar refractivity (Wildman–Crippen MR) is 65.2 cm³/mol. The van der Waals surface area contributed by atoms with Gasteiger partial charge in [0.1, 0.15) is 0 Å². The molecule has 2 fully saturated rings. The van der Waals surface area contributed by atoms with E-state index in [4.69, 9.17) is 0 Å². The summed E-state index contributed by atoms with van der Waals surface area (Å²) in [6.45, 7) is 2.09. The SMILES string of the molecule is O=C(NC1C2CNCC21)c1ccccc1Br. The van der Waals surface area contributed by atoms with Crippen molar-refractivity contribution in [1.29, 1.82) is 0 Å². The van der Waals surface area contributed by atoms with E-state index in [-0.39, 0.29) is 5.91 Å². The first kappa shape index (κ1) is 10.3. The third-order valence-electron chi connectivity index (χ3n) is 3.51. The number of hydrogen-bond acceptors (Lipinski definition) is 2. The molecule has 1 saturated carbocycles. The van der Waals surface area contributed by atoms with Gasteiger partial charge >= 0.3 is 0 Å². The monoisotopic (exact) mass is 280 g/mol. The van der Waals surface area contributed by atoms with Crippen LogP contribution < -0.4 is 10.6 Å². The predicted octanol–water partition coefficient (Wildman–Crippen LogP) is 1.40. The number of piperidine rings is 1. The minimum Gasteiger partial charge on any atom is -0.349 e. The number of carbonyl (C=O) groups is 1. The number of nitrogens with one attached hydrogen (secondary N) is 2. The molecule has 16 heavy (non-hydrogen) atoms. The molecule has 1 aliphatic carbocycles. The number of amides is 1. The van der Waals surface area contributed by atoms with E-state index in [1.54, 1.807) is 0 Å². The minimum atomic E-state index is 0.0341. The maximum atomic E-state index is 12.0. The molecule has 3 nitrogen and oxygen atoms in total. The largest absolute Gasteiger partial charge is 0.349 e. The van der Waals surface area contributed by atoms with Gasteiger partial charge < -0.3 is 10.6 Å². The Morgan fingerprint density at radius 2 is 2.00 bits per heavy atom. The second-order valence-corrected chi connectivity index (χ2v) is 5.32. The Labute approximate surface area is 103 Å². The lowest BCUT2D eigenvalue weighted by molar-refractivity contribution is 0.0946. The first-order valence-corrected chi connectivity index (χ1v) is 6.33. The molecule has 2 unspecified atom stereocenters. The molecule has 0 bridgehead atoms. The standard InChI is InChI=1S/C12H13BrN2O/c13-10-4-2-1-3-7(10)12(16)15-11-8-5-14-6-9(8)11/h1-4,8-9,11,14H,5-6H2,(H,15,16). The van der Waals surface area contributed by atoms with E-state index in [0.717, 1.165) is 23.1 Å². The maximum Gasteiger partial charge on any atom is 0.252 e. The van der Waals surface area contributed by atoms with Crippen molar-refractivity contribution in [2.45, 2.75) is 6.04 Å². The fourth-order valence-electron chi connectivity index (χ4n) is 2.51. The van der Waals surface area contributed by atoms with Crippen LogP contribution >= 0.6 is 15.9 Å². The summed E-state index contributed by atoms with van der Waals surface area (Å²) < 4.78 is 0.858. The molecule has 1 aromatic carbocycles. The molecular weight excluding hydrogens is 268 g/mol. The van der Waals surface area contributed by atoms with Crippen LogP contribution in [0.2, 0.25) is 0 Å². The minimum absolute atomic E-state index is 0.0341. The Bertz CT molecular complexity index is 425. The summed E-state index contributed by atoms with van der Waals surface area (Å²) >= 11 is 3.40. The van der Waals surface area contributed by atoms with E-state index in [1.807, 2.05) is 24.3 Å². The number of hydrogen-bond donors (Lipinski definition) is 2. The third-order valence-corrected chi connectivity index (χ3v) is 4.20. The summed E-state index contributed by atoms with van der Waals surface area (Å²) in [5, 5.41) is 6.42. The molecule has 1 heterocycles. The van der Waals surface area contributed by atoms with Crippen molar-refractivity contribution in [3.8, 4) is 0 Å². The molecule has 0 radical (unpaired) electrons. The number of benzene rings is 1. The molecule has 2 N–H and O–H groups in total. The summed E-state index contributed by atoms with van der Waals surface area (Å²) in [4.78, 5) is 12.0. The molecule has 2 aliphatic rings. The van der Waals surface area contributed by atoms with Crippen molar-refractivity contribution < 1.29 is 4.79 Å². The van der Waals surface area contributed by atoms with Gasteiger partial charge in [-0.15, -0.1) is 0 Å². The molecule has 1 aliphatic heterocycles. The lowest BCUT2D eigenvalue weighted by atomic mass is 10.2. The van der Waals surface area contributed by atoms with Gasteiger partial charge in [0.2, 0.25) is 0 Å². The van der Waals surface area contributed by atoms with Crippen LogP contribution in [0.15, 0.2) is 28.7 Å². The number of carbonyl (C=O) groups excluding carboxylic acids is 1. The van der Waals surface area contributed by atoms with Crippen molar-refractivity contribution in [2.75, 3.05) is 13.1 Å². The quantitative estimate of drug-likeness (QED) is 0.860. The highest BCUT2D eigenvalue weighted by molar-refractivity contribution is 9.10. The number of rotatable bonds is 2. The van der Waals surface area contributed by atoms with E-state index in [1.165, 1.54) is 0 Å². The van der Waals surface area contributed by atoms with Crippen LogP contribution in [0.3, 0.4) is 0 Å². The van der Waals surface area contributed by atoms with Crippen molar-refractivity contribution in [2.24, 2.45) is 11.8 Å². The normalized spacial score (nSPS) is 30.9. The number of fused-ring (bicyclic) bond motifs is 1. The second kappa shape index (κ2) is 3.86. The molecule has 3 rings (SSSR count). The topological polar surface area (TPSA) is 41.1 Å². The van der Waals surface area contributed by atoms with Crippen molar-refractivity contribution >= 4 is 21.8 Å². The third kappa shape index (κ3) is 1.66. The zero-order chi connectivity index (χ0) is 11.1. The molecule has 0 aromatic heterocycles. The van der Waals surface area contributed by atoms with E-state index >= 15 is 0 Å². The van der Waals surface area contributed by atoms with Crippen molar-refractivity contribution in [1.82, 2.24) is 10.6 Å². The highest BCUT2D eigenvalue weighted by Crippen LogP contribution is 2.41. The van der Waals surface area contributed by atoms with Gasteiger partial charge in [0, 0.05) is 23.6 Å². The van der Waals surface area contributed by atoms with E-state index < -0.39 is 0 Å². The van der Waals surface area contributed by atoms with Crippen LogP contribution in [0.25, 0.3) is 0 Å².